The number of hydrogen-bond donors (Lipinski definition) is 0. The molecule has 2 heteroatoms. The summed E-state index contributed by atoms with van der Waals surface area (Å²) in [6.45, 7) is 0. The molecule has 5 aliphatic rings. The molecule has 48 heavy (non-hydrogen) atoms. The maximum atomic E-state index is 6.47. The summed E-state index contributed by atoms with van der Waals surface area (Å²) in [4.78, 5) is 0. The van der Waals surface area contributed by atoms with Crippen molar-refractivity contribution >= 4 is 43.7 Å². The Morgan fingerprint density at radius 3 is 2.06 bits per heavy atom. The predicted molar refractivity (Wildman–Crippen MR) is 197 cm³/mol. The molecule has 4 saturated carbocycles. The number of aromatic nitrogens is 1. The van der Waals surface area contributed by atoms with Gasteiger partial charge in [0.1, 0.15) is 11.2 Å². The zero-order chi connectivity index (χ0) is 31.1. The maximum absolute atomic E-state index is 6.47. The van der Waals surface area contributed by atoms with Crippen LogP contribution in [0.25, 0.3) is 71.7 Å². The normalized spacial score (nSPS) is 25.2. The highest BCUT2D eigenvalue weighted by Crippen LogP contribution is 2.69. The van der Waals surface area contributed by atoms with Crippen LogP contribution in [0.4, 0.5) is 0 Å². The fraction of sp³-hybridized carbons (Fsp3) is 0.217. The summed E-state index contributed by atoms with van der Waals surface area (Å²) in [7, 11) is 0. The van der Waals surface area contributed by atoms with E-state index in [9.17, 15) is 0 Å². The molecule has 0 unspecified atom stereocenters. The third kappa shape index (κ3) is 3.15. The number of rotatable bonds is 2. The number of hydrogen-bond acceptors (Lipinski definition) is 1. The van der Waals surface area contributed by atoms with E-state index in [1.54, 1.807) is 11.1 Å². The zero-order valence-electron chi connectivity index (χ0n) is 26.8. The van der Waals surface area contributed by atoms with Gasteiger partial charge in [-0.15, -0.1) is 0 Å². The smallest absolute Gasteiger partial charge is 0.143 e. The number of para-hydroxylation sites is 3. The van der Waals surface area contributed by atoms with Crippen molar-refractivity contribution < 1.29 is 4.42 Å². The van der Waals surface area contributed by atoms with Crippen LogP contribution in [0.1, 0.15) is 43.2 Å². The molecule has 0 saturated heterocycles. The zero-order valence-corrected chi connectivity index (χ0v) is 26.8. The summed E-state index contributed by atoms with van der Waals surface area (Å²) in [5, 5.41) is 4.91. The molecule has 0 aliphatic heterocycles. The summed E-state index contributed by atoms with van der Waals surface area (Å²) in [5.41, 5.74) is 14.4. The number of benzene rings is 6. The molecular weight excluding hydrogens is 583 g/mol. The lowest BCUT2D eigenvalue weighted by atomic mass is 9.43. The van der Waals surface area contributed by atoms with Crippen LogP contribution in [0.2, 0.25) is 0 Å². The third-order valence-electron chi connectivity index (χ3n) is 13.2. The number of nitrogens with zero attached hydrogens (tertiary/aromatic N) is 1. The van der Waals surface area contributed by atoms with E-state index in [0.717, 1.165) is 40.4 Å². The molecule has 0 amide bonds. The van der Waals surface area contributed by atoms with Gasteiger partial charge in [0, 0.05) is 38.2 Å². The minimum atomic E-state index is 0.159. The molecule has 2 heterocycles. The minimum Gasteiger partial charge on any atom is -0.455 e. The molecular formula is C46H35NO. The van der Waals surface area contributed by atoms with Crippen molar-refractivity contribution in [2.24, 2.45) is 23.7 Å². The van der Waals surface area contributed by atoms with Crippen LogP contribution in [0.3, 0.4) is 0 Å². The van der Waals surface area contributed by atoms with Gasteiger partial charge in [-0.1, -0.05) is 91.0 Å². The van der Waals surface area contributed by atoms with Crippen LogP contribution in [0, 0.1) is 23.7 Å². The van der Waals surface area contributed by atoms with Crippen molar-refractivity contribution in [3.05, 3.63) is 139 Å². The van der Waals surface area contributed by atoms with Gasteiger partial charge < -0.3 is 8.98 Å². The Hall–Kier alpha value is -5.08. The Bertz CT molecular complexity index is 2620. The van der Waals surface area contributed by atoms with Crippen LogP contribution < -0.4 is 0 Å². The second-order valence-corrected chi connectivity index (χ2v) is 15.3. The molecule has 2 aromatic heterocycles. The molecule has 4 fully saturated rings. The highest BCUT2D eigenvalue weighted by Gasteiger charge is 2.61. The van der Waals surface area contributed by atoms with E-state index in [0.29, 0.717) is 0 Å². The second kappa shape index (κ2) is 9.08. The quantitative estimate of drug-likeness (QED) is 0.189. The average Bonchev–Trinajstić information content (AvgIpc) is 3.76. The first-order chi connectivity index (χ1) is 23.8. The molecule has 13 rings (SSSR count). The summed E-state index contributed by atoms with van der Waals surface area (Å²) in [6, 6.07) is 47.8. The van der Waals surface area contributed by atoms with E-state index in [1.807, 2.05) is 6.07 Å². The van der Waals surface area contributed by atoms with E-state index in [-0.39, 0.29) is 5.41 Å². The lowest BCUT2D eigenvalue weighted by molar-refractivity contribution is -0.0399. The van der Waals surface area contributed by atoms with E-state index in [4.69, 9.17) is 4.42 Å². The Balaban J connectivity index is 1.08. The summed E-state index contributed by atoms with van der Waals surface area (Å²) in [5.74, 6) is 3.39. The molecule has 0 N–H and O–H groups in total. The Morgan fingerprint density at radius 1 is 0.500 bits per heavy atom. The minimum absolute atomic E-state index is 0.159. The molecule has 0 atom stereocenters. The van der Waals surface area contributed by atoms with Crippen molar-refractivity contribution in [2.45, 2.75) is 37.5 Å². The molecule has 230 valence electrons. The van der Waals surface area contributed by atoms with Crippen LogP contribution in [-0.2, 0) is 5.41 Å². The summed E-state index contributed by atoms with van der Waals surface area (Å²) >= 11 is 0. The van der Waals surface area contributed by atoms with Gasteiger partial charge in [-0.2, -0.15) is 0 Å². The second-order valence-electron chi connectivity index (χ2n) is 15.3. The van der Waals surface area contributed by atoms with Crippen molar-refractivity contribution in [1.29, 1.82) is 0 Å². The first kappa shape index (κ1) is 25.9. The molecule has 6 aromatic carbocycles. The van der Waals surface area contributed by atoms with Crippen LogP contribution in [-0.4, -0.2) is 4.57 Å². The van der Waals surface area contributed by atoms with E-state index in [2.05, 4.69) is 126 Å². The topological polar surface area (TPSA) is 18.1 Å². The van der Waals surface area contributed by atoms with Gasteiger partial charge in [0.25, 0.3) is 0 Å². The molecule has 8 aromatic rings. The van der Waals surface area contributed by atoms with Crippen molar-refractivity contribution in [1.82, 2.24) is 4.57 Å². The van der Waals surface area contributed by atoms with Crippen LogP contribution >= 0.6 is 0 Å². The summed E-state index contributed by atoms with van der Waals surface area (Å²) in [6.07, 6.45) is 7.09. The first-order valence-electron chi connectivity index (χ1n) is 17.9. The van der Waals surface area contributed by atoms with Crippen LogP contribution in [0.15, 0.2) is 132 Å². The first-order valence-corrected chi connectivity index (χ1v) is 17.9. The average molecular weight is 618 g/mol. The summed E-state index contributed by atoms with van der Waals surface area (Å²) < 4.78 is 9.00. The van der Waals surface area contributed by atoms with Gasteiger partial charge in [0.15, 0.2) is 0 Å². The largest absolute Gasteiger partial charge is 0.455 e. The van der Waals surface area contributed by atoms with E-state index < -0.39 is 0 Å². The molecule has 0 radical (unpaired) electrons. The van der Waals surface area contributed by atoms with Crippen molar-refractivity contribution in [3.63, 3.8) is 0 Å². The molecule has 5 aliphatic carbocycles. The van der Waals surface area contributed by atoms with Gasteiger partial charge in [0.2, 0.25) is 0 Å². The maximum Gasteiger partial charge on any atom is 0.143 e. The van der Waals surface area contributed by atoms with Gasteiger partial charge in [-0.25, -0.2) is 0 Å². The van der Waals surface area contributed by atoms with E-state index in [1.165, 1.54) is 87.1 Å². The van der Waals surface area contributed by atoms with Crippen molar-refractivity contribution in [2.75, 3.05) is 0 Å². The Labute approximate surface area is 279 Å². The fourth-order valence-corrected chi connectivity index (χ4v) is 11.7. The standard InChI is InChI=1S/C46H35NO/c1-4-13-40-34(8-1)35-18-17-32(26-41(35)46(40)30-21-27-20-28(23-30)24-31(46)22-27)47-42-14-5-2-9-36(42)39-25-29(16-19-43(39)47)33-11-7-12-38-37-10-3-6-15-44(37)48-45(33)38/h1-19,25-28,30-31H,20-24H2. The predicted octanol–water partition coefficient (Wildman–Crippen LogP) is 12.1. The number of furan rings is 1. The molecule has 2 nitrogen and oxygen atoms in total. The highest BCUT2D eigenvalue weighted by molar-refractivity contribution is 6.13. The monoisotopic (exact) mass is 617 g/mol. The van der Waals surface area contributed by atoms with Crippen LogP contribution in [0.5, 0.6) is 0 Å². The van der Waals surface area contributed by atoms with Gasteiger partial charge in [0.05, 0.1) is 11.0 Å². The van der Waals surface area contributed by atoms with Gasteiger partial charge in [-0.05, 0) is 120 Å². The Morgan fingerprint density at radius 2 is 1.19 bits per heavy atom. The third-order valence-corrected chi connectivity index (χ3v) is 13.2. The van der Waals surface area contributed by atoms with Gasteiger partial charge >= 0.3 is 0 Å². The lowest BCUT2D eigenvalue weighted by Crippen LogP contribution is -2.55. The Kier molecular flexibility index (Phi) is 4.91. The molecule has 1 spiro atoms. The SMILES string of the molecule is c1ccc2c(c1)-c1ccc(-n3c4ccccc4c4cc(-c5cccc6c5oc5ccccc56)ccc43)cc1C21C2CC3CC(C2)CC1C3. The van der Waals surface area contributed by atoms with E-state index >= 15 is 0 Å². The fourth-order valence-electron chi connectivity index (χ4n) is 11.7. The van der Waals surface area contributed by atoms with Gasteiger partial charge in [-0.3, -0.25) is 0 Å². The number of fused-ring (bicyclic) bond motifs is 9. The highest BCUT2D eigenvalue weighted by atomic mass is 16.3. The lowest BCUT2D eigenvalue weighted by Gasteiger charge is -2.61. The molecule has 4 bridgehead atoms. The van der Waals surface area contributed by atoms with Crippen molar-refractivity contribution in [3.8, 4) is 27.9 Å².